The lowest BCUT2D eigenvalue weighted by molar-refractivity contribution is -0.119. The van der Waals surface area contributed by atoms with Gasteiger partial charge >= 0.3 is 0 Å². The molecule has 5 heteroatoms. The first kappa shape index (κ1) is 14.8. The van der Waals surface area contributed by atoms with Gasteiger partial charge in [0.05, 0.1) is 12.6 Å². The minimum absolute atomic E-state index is 0.265. The van der Waals surface area contributed by atoms with Crippen LogP contribution in [0.25, 0.3) is 0 Å². The second-order valence-corrected chi connectivity index (χ2v) is 5.35. The van der Waals surface area contributed by atoms with E-state index in [1.165, 1.54) is 0 Å². The molecule has 0 saturated carbocycles. The molecule has 0 spiro atoms. The summed E-state index contributed by atoms with van der Waals surface area (Å²) >= 11 is 0. The number of anilines is 1. The van der Waals surface area contributed by atoms with Crippen LogP contribution in [0.1, 0.15) is 24.8 Å². The molecule has 1 aromatic carbocycles. The predicted octanol–water partition coefficient (Wildman–Crippen LogP) is 1.13. The molecular weight excluding hydrogens is 254 g/mol. The van der Waals surface area contributed by atoms with E-state index in [0.29, 0.717) is 12.6 Å². The molecule has 0 bridgehead atoms. The smallest absolute Gasteiger partial charge is 0.231 e. The maximum atomic E-state index is 11.2. The monoisotopic (exact) mass is 277 g/mol. The standard InChI is InChI=1S/C15H23N3O2/c16-13-4-1-3-12(9-13)10-18(11-15(17)19)7-6-14-5-2-8-20-14/h1,3-4,9,14H,2,5-8,10-11,16H2,(H2,17,19). The number of ether oxygens (including phenoxy) is 1. The van der Waals surface area contributed by atoms with Gasteiger partial charge in [-0.1, -0.05) is 12.1 Å². The minimum Gasteiger partial charge on any atom is -0.399 e. The van der Waals surface area contributed by atoms with Crippen molar-refractivity contribution in [3.05, 3.63) is 29.8 Å². The maximum absolute atomic E-state index is 11.2. The lowest BCUT2D eigenvalue weighted by atomic mass is 10.1. The summed E-state index contributed by atoms with van der Waals surface area (Å²) < 4.78 is 5.61. The Labute approximate surface area is 119 Å². The first-order valence-corrected chi connectivity index (χ1v) is 7.10. The van der Waals surface area contributed by atoms with E-state index in [0.717, 1.165) is 43.7 Å². The number of carbonyl (C=O) groups excluding carboxylic acids is 1. The van der Waals surface area contributed by atoms with E-state index < -0.39 is 0 Å². The first-order valence-electron chi connectivity index (χ1n) is 7.10. The molecule has 1 saturated heterocycles. The number of nitrogen functional groups attached to an aromatic ring is 1. The van der Waals surface area contributed by atoms with Gasteiger partial charge in [0.15, 0.2) is 0 Å². The van der Waals surface area contributed by atoms with E-state index in [-0.39, 0.29) is 12.5 Å². The molecule has 0 aromatic heterocycles. The number of hydrogen-bond donors (Lipinski definition) is 2. The van der Waals surface area contributed by atoms with E-state index in [1.54, 1.807) is 0 Å². The van der Waals surface area contributed by atoms with Crippen molar-refractivity contribution in [2.75, 3.05) is 25.4 Å². The summed E-state index contributed by atoms with van der Waals surface area (Å²) in [6.45, 7) is 2.61. The Morgan fingerprint density at radius 1 is 1.45 bits per heavy atom. The van der Waals surface area contributed by atoms with Crippen molar-refractivity contribution in [1.82, 2.24) is 4.90 Å². The van der Waals surface area contributed by atoms with Crippen LogP contribution in [-0.4, -0.2) is 36.6 Å². The van der Waals surface area contributed by atoms with Crippen molar-refractivity contribution in [3.8, 4) is 0 Å². The molecule has 110 valence electrons. The first-order chi connectivity index (χ1) is 9.63. The number of rotatable bonds is 7. The Kier molecular flexibility index (Phi) is 5.38. The average molecular weight is 277 g/mol. The van der Waals surface area contributed by atoms with E-state index in [1.807, 2.05) is 24.3 Å². The van der Waals surface area contributed by atoms with Crippen molar-refractivity contribution in [1.29, 1.82) is 0 Å². The van der Waals surface area contributed by atoms with Crippen LogP contribution in [0.2, 0.25) is 0 Å². The van der Waals surface area contributed by atoms with Gasteiger partial charge in [-0.15, -0.1) is 0 Å². The van der Waals surface area contributed by atoms with Gasteiger partial charge < -0.3 is 16.2 Å². The van der Waals surface area contributed by atoms with Crippen LogP contribution in [0.4, 0.5) is 5.69 Å². The number of amides is 1. The van der Waals surface area contributed by atoms with Gasteiger partial charge in [0.2, 0.25) is 5.91 Å². The summed E-state index contributed by atoms with van der Waals surface area (Å²) in [4.78, 5) is 13.2. The highest BCUT2D eigenvalue weighted by atomic mass is 16.5. The average Bonchev–Trinajstić information content (AvgIpc) is 2.88. The molecule has 1 amide bonds. The molecular formula is C15H23N3O2. The summed E-state index contributed by atoms with van der Waals surface area (Å²) in [7, 11) is 0. The highest BCUT2D eigenvalue weighted by Crippen LogP contribution is 2.16. The Balaban J connectivity index is 1.90. The zero-order valence-electron chi connectivity index (χ0n) is 11.8. The van der Waals surface area contributed by atoms with Crippen molar-refractivity contribution in [3.63, 3.8) is 0 Å². The number of hydrogen-bond acceptors (Lipinski definition) is 4. The van der Waals surface area contributed by atoms with Crippen LogP contribution in [0.5, 0.6) is 0 Å². The highest BCUT2D eigenvalue weighted by molar-refractivity contribution is 5.75. The third-order valence-electron chi connectivity index (χ3n) is 3.53. The molecule has 1 fully saturated rings. The fourth-order valence-electron chi connectivity index (χ4n) is 2.58. The van der Waals surface area contributed by atoms with Gasteiger partial charge in [-0.3, -0.25) is 9.69 Å². The van der Waals surface area contributed by atoms with E-state index in [2.05, 4.69) is 4.90 Å². The van der Waals surface area contributed by atoms with Gasteiger partial charge in [-0.05, 0) is 37.0 Å². The molecule has 0 aliphatic carbocycles. The third-order valence-corrected chi connectivity index (χ3v) is 3.53. The number of nitrogens with zero attached hydrogens (tertiary/aromatic N) is 1. The normalized spacial score (nSPS) is 18.6. The molecule has 1 unspecified atom stereocenters. The molecule has 1 atom stereocenters. The fraction of sp³-hybridized carbons (Fsp3) is 0.533. The summed E-state index contributed by atoms with van der Waals surface area (Å²) in [6, 6.07) is 7.72. The predicted molar refractivity (Wildman–Crippen MR) is 78.9 cm³/mol. The van der Waals surface area contributed by atoms with Crippen LogP contribution < -0.4 is 11.5 Å². The van der Waals surface area contributed by atoms with Crippen LogP contribution in [0, 0.1) is 0 Å². The second kappa shape index (κ2) is 7.26. The Bertz CT molecular complexity index is 444. The zero-order valence-corrected chi connectivity index (χ0v) is 11.8. The van der Waals surface area contributed by atoms with E-state index in [9.17, 15) is 4.79 Å². The van der Waals surface area contributed by atoms with Gasteiger partial charge in [0.1, 0.15) is 0 Å². The molecule has 4 N–H and O–H groups in total. The molecule has 5 nitrogen and oxygen atoms in total. The lowest BCUT2D eigenvalue weighted by Gasteiger charge is -2.22. The summed E-state index contributed by atoms with van der Waals surface area (Å²) in [5.41, 5.74) is 12.9. The highest BCUT2D eigenvalue weighted by Gasteiger charge is 2.17. The molecule has 2 rings (SSSR count). The van der Waals surface area contributed by atoms with E-state index in [4.69, 9.17) is 16.2 Å². The number of primary amides is 1. The largest absolute Gasteiger partial charge is 0.399 e. The van der Waals surface area contributed by atoms with Gasteiger partial charge in [-0.25, -0.2) is 0 Å². The van der Waals surface area contributed by atoms with Crippen molar-refractivity contribution in [2.45, 2.75) is 31.9 Å². The van der Waals surface area contributed by atoms with Crippen molar-refractivity contribution < 1.29 is 9.53 Å². The molecule has 1 heterocycles. The Hall–Kier alpha value is -1.59. The topological polar surface area (TPSA) is 81.6 Å². The fourth-order valence-corrected chi connectivity index (χ4v) is 2.58. The summed E-state index contributed by atoms with van der Waals surface area (Å²) in [6.07, 6.45) is 3.51. The third kappa shape index (κ3) is 4.83. The Morgan fingerprint density at radius 2 is 2.30 bits per heavy atom. The molecule has 1 aliphatic rings. The van der Waals surface area contributed by atoms with Gasteiger partial charge in [-0.2, -0.15) is 0 Å². The second-order valence-electron chi connectivity index (χ2n) is 5.35. The summed E-state index contributed by atoms with van der Waals surface area (Å²) in [5, 5.41) is 0. The quantitative estimate of drug-likeness (QED) is 0.732. The van der Waals surface area contributed by atoms with Gasteiger partial charge in [0, 0.05) is 25.4 Å². The maximum Gasteiger partial charge on any atom is 0.231 e. The lowest BCUT2D eigenvalue weighted by Crippen LogP contribution is -2.35. The Morgan fingerprint density at radius 3 is 2.95 bits per heavy atom. The summed E-state index contributed by atoms with van der Waals surface area (Å²) in [5.74, 6) is -0.304. The minimum atomic E-state index is -0.304. The van der Waals surface area contributed by atoms with Crippen LogP contribution in [0.3, 0.4) is 0 Å². The molecule has 1 aromatic rings. The molecule has 0 radical (unpaired) electrons. The number of benzene rings is 1. The molecule has 1 aliphatic heterocycles. The van der Waals surface area contributed by atoms with Crippen LogP contribution in [-0.2, 0) is 16.1 Å². The van der Waals surface area contributed by atoms with Crippen molar-refractivity contribution in [2.24, 2.45) is 5.73 Å². The number of nitrogens with two attached hydrogens (primary N) is 2. The molecule has 20 heavy (non-hydrogen) atoms. The SMILES string of the molecule is NC(=O)CN(CCC1CCCO1)Cc1cccc(N)c1. The van der Waals surface area contributed by atoms with Crippen molar-refractivity contribution >= 4 is 11.6 Å². The van der Waals surface area contributed by atoms with Crippen LogP contribution >= 0.6 is 0 Å². The number of carbonyl (C=O) groups is 1. The van der Waals surface area contributed by atoms with E-state index >= 15 is 0 Å². The zero-order chi connectivity index (χ0) is 14.4. The van der Waals surface area contributed by atoms with Crippen LogP contribution in [0.15, 0.2) is 24.3 Å². The van der Waals surface area contributed by atoms with Gasteiger partial charge in [0.25, 0.3) is 0 Å².